The van der Waals surface area contributed by atoms with Crippen molar-refractivity contribution in [3.05, 3.63) is 77.6 Å². The van der Waals surface area contributed by atoms with E-state index in [0.29, 0.717) is 43.1 Å². The normalized spacial score (nSPS) is 17.3. The van der Waals surface area contributed by atoms with Crippen molar-refractivity contribution in [2.24, 2.45) is 7.05 Å². The minimum Gasteiger partial charge on any atom is -0.390 e. The molecule has 1 amide bonds. The largest absolute Gasteiger partial charge is 0.390 e. The molecule has 0 spiro atoms. The number of hydrogen-bond donors (Lipinski definition) is 6. The van der Waals surface area contributed by atoms with Crippen molar-refractivity contribution in [2.45, 2.75) is 44.9 Å². The molecule has 3 aromatic rings. The summed E-state index contributed by atoms with van der Waals surface area (Å²) in [5, 5.41) is 24.8. The monoisotopic (exact) mass is 556 g/mol. The van der Waals surface area contributed by atoms with Crippen molar-refractivity contribution in [3.8, 4) is 0 Å². The number of aliphatic hydroxyl groups is 1. The molecule has 39 heavy (non-hydrogen) atoms. The number of carbonyl (C=O) groups excluding carboxylic acids is 1. The predicted octanol–water partition coefficient (Wildman–Crippen LogP) is 3.61. The third-order valence-electron chi connectivity index (χ3n) is 6.75. The maximum atomic E-state index is 13.6. The molecule has 4 rings (SSSR count). The van der Waals surface area contributed by atoms with Gasteiger partial charge in [0.1, 0.15) is 0 Å². The van der Waals surface area contributed by atoms with E-state index in [-0.39, 0.29) is 12.5 Å². The van der Waals surface area contributed by atoms with Crippen LogP contribution in [0.3, 0.4) is 0 Å². The Hall–Kier alpha value is -3.09. The molecule has 1 saturated heterocycles. The van der Waals surface area contributed by atoms with E-state index in [0.717, 1.165) is 29.7 Å². The first-order valence-corrected chi connectivity index (χ1v) is 15.1. The van der Waals surface area contributed by atoms with Crippen LogP contribution in [0.1, 0.15) is 41.3 Å². The van der Waals surface area contributed by atoms with Gasteiger partial charge in [0, 0.05) is 56.2 Å². The molecule has 0 unspecified atom stereocenters. The third-order valence-corrected chi connectivity index (χ3v) is 8.69. The van der Waals surface area contributed by atoms with Gasteiger partial charge in [-0.05, 0) is 49.9 Å². The summed E-state index contributed by atoms with van der Waals surface area (Å²) in [7, 11) is -1.08. The fourth-order valence-electron chi connectivity index (χ4n) is 4.77. The molecule has 212 valence electrons. The number of aliphatic hydroxyl groups excluding tert-OH is 1. The molecule has 10 nitrogen and oxygen atoms in total. The lowest BCUT2D eigenvalue weighted by molar-refractivity contribution is 0.0830. The van der Waals surface area contributed by atoms with E-state index in [2.05, 4.69) is 21.0 Å². The van der Waals surface area contributed by atoms with Crippen LogP contribution in [0.15, 0.2) is 60.9 Å². The highest BCUT2D eigenvalue weighted by Crippen LogP contribution is 2.50. The minimum atomic E-state index is -2.94. The van der Waals surface area contributed by atoms with Crippen molar-refractivity contribution in [1.82, 2.24) is 20.4 Å². The first-order chi connectivity index (χ1) is 18.7. The number of aryl methyl sites for hydroxylation is 1. The standard InChI is InChI=1S/C28H40N6O4S/c1-3-30-24-14-23(15-25(16-24)34-11-7-8-12-39(34,37)38)28(36)32-26(13-21-9-5-4-6-10-21)27(35)19-29-17-22-18-31-33(2)20-22/h4-6,9-10,14-16,18,20,26-27,29-30,35,37-38H,3,7-8,11-13,17,19H2,1-2H3,(H,32,36)/t26-,27+/m0/s1. The van der Waals surface area contributed by atoms with Crippen LogP contribution in [-0.4, -0.2) is 67.4 Å². The van der Waals surface area contributed by atoms with Crippen LogP contribution in [-0.2, 0) is 20.0 Å². The maximum Gasteiger partial charge on any atom is 0.251 e. The van der Waals surface area contributed by atoms with Crippen molar-refractivity contribution in [3.63, 3.8) is 0 Å². The zero-order valence-corrected chi connectivity index (χ0v) is 23.4. The van der Waals surface area contributed by atoms with Crippen LogP contribution in [0, 0.1) is 0 Å². The van der Waals surface area contributed by atoms with E-state index < -0.39 is 22.9 Å². The molecule has 2 atom stereocenters. The zero-order chi connectivity index (χ0) is 27.8. The molecule has 6 N–H and O–H groups in total. The molecular formula is C28H40N6O4S. The van der Waals surface area contributed by atoms with Crippen LogP contribution in [0.5, 0.6) is 0 Å². The second-order valence-corrected chi connectivity index (χ2v) is 12.0. The summed E-state index contributed by atoms with van der Waals surface area (Å²) < 4.78 is 24.7. The van der Waals surface area contributed by atoms with Gasteiger partial charge in [-0.15, -0.1) is 10.8 Å². The Morgan fingerprint density at radius 3 is 2.62 bits per heavy atom. The molecule has 1 aliphatic heterocycles. The average molecular weight is 557 g/mol. The molecule has 1 aliphatic rings. The maximum absolute atomic E-state index is 13.6. The van der Waals surface area contributed by atoms with E-state index in [1.54, 1.807) is 27.3 Å². The van der Waals surface area contributed by atoms with Crippen LogP contribution in [0.25, 0.3) is 0 Å². The first kappa shape index (κ1) is 28.9. The van der Waals surface area contributed by atoms with Gasteiger partial charge >= 0.3 is 0 Å². The lowest BCUT2D eigenvalue weighted by Gasteiger charge is -2.47. The SMILES string of the molecule is CCNc1cc(C(=O)N[C@@H](Cc2ccccc2)[C@H](O)CNCc2cnn(C)c2)cc(N2CCCCS2(O)O)c1. The van der Waals surface area contributed by atoms with Gasteiger partial charge in [0.2, 0.25) is 0 Å². The fourth-order valence-corrected chi connectivity index (χ4v) is 6.45. The number of amides is 1. The van der Waals surface area contributed by atoms with Gasteiger partial charge in [0.05, 0.1) is 29.8 Å². The van der Waals surface area contributed by atoms with E-state index in [1.807, 2.05) is 56.6 Å². The molecular weight excluding hydrogens is 516 g/mol. The van der Waals surface area contributed by atoms with Crippen molar-refractivity contribution in [1.29, 1.82) is 0 Å². The van der Waals surface area contributed by atoms with Gasteiger partial charge in [-0.1, -0.05) is 30.3 Å². The average Bonchev–Trinajstić information content (AvgIpc) is 3.33. The van der Waals surface area contributed by atoms with Crippen molar-refractivity contribution in [2.75, 3.05) is 35.0 Å². The molecule has 2 heterocycles. The summed E-state index contributed by atoms with van der Waals surface area (Å²) in [5.41, 5.74) is 3.71. The minimum absolute atomic E-state index is 0.282. The number of carbonyl (C=O) groups is 1. The number of hydrogen-bond acceptors (Lipinski definition) is 8. The third kappa shape index (κ3) is 7.96. The van der Waals surface area contributed by atoms with E-state index in [1.165, 1.54) is 0 Å². The highest BCUT2D eigenvalue weighted by Gasteiger charge is 2.28. The molecule has 0 radical (unpaired) electrons. The Kier molecular flexibility index (Phi) is 9.87. The second kappa shape index (κ2) is 13.3. The van der Waals surface area contributed by atoms with E-state index in [9.17, 15) is 19.0 Å². The van der Waals surface area contributed by atoms with Gasteiger partial charge in [0.25, 0.3) is 5.91 Å². The number of anilines is 2. The highest BCUT2D eigenvalue weighted by molar-refractivity contribution is 8.25. The zero-order valence-electron chi connectivity index (χ0n) is 22.6. The van der Waals surface area contributed by atoms with Crippen molar-refractivity contribution < 1.29 is 19.0 Å². The van der Waals surface area contributed by atoms with Gasteiger partial charge in [-0.25, -0.2) is 0 Å². The molecule has 0 aliphatic carbocycles. The van der Waals surface area contributed by atoms with E-state index >= 15 is 0 Å². The Bertz CT molecular complexity index is 1220. The van der Waals surface area contributed by atoms with Gasteiger partial charge < -0.3 is 21.1 Å². The summed E-state index contributed by atoms with van der Waals surface area (Å²) in [6, 6.07) is 14.5. The van der Waals surface area contributed by atoms with Crippen molar-refractivity contribution >= 4 is 28.1 Å². The smallest absolute Gasteiger partial charge is 0.251 e. The lowest BCUT2D eigenvalue weighted by Crippen LogP contribution is -2.48. The number of rotatable bonds is 12. The molecule has 11 heteroatoms. The molecule has 0 bridgehead atoms. The van der Waals surface area contributed by atoms with Crippen LogP contribution < -0.4 is 20.3 Å². The fraction of sp³-hybridized carbons (Fsp3) is 0.429. The Labute approximate surface area is 231 Å². The highest BCUT2D eigenvalue weighted by atomic mass is 32.3. The molecule has 1 aromatic heterocycles. The Morgan fingerprint density at radius 2 is 1.92 bits per heavy atom. The van der Waals surface area contributed by atoms with Gasteiger partial charge in [-0.2, -0.15) is 5.10 Å². The van der Waals surface area contributed by atoms with E-state index in [4.69, 9.17) is 0 Å². The van der Waals surface area contributed by atoms with Crippen LogP contribution in [0.4, 0.5) is 11.4 Å². The predicted molar refractivity (Wildman–Crippen MR) is 157 cm³/mol. The second-order valence-electron chi connectivity index (χ2n) is 9.93. The summed E-state index contributed by atoms with van der Waals surface area (Å²) in [6.45, 7) is 3.96. The van der Waals surface area contributed by atoms with Crippen LogP contribution in [0.2, 0.25) is 0 Å². The van der Waals surface area contributed by atoms with Crippen LogP contribution >= 0.6 is 10.8 Å². The number of aromatic nitrogens is 2. The number of nitrogens with one attached hydrogen (secondary N) is 3. The summed E-state index contributed by atoms with van der Waals surface area (Å²) in [4.78, 5) is 13.6. The van der Waals surface area contributed by atoms with Gasteiger partial charge in [0.15, 0.2) is 0 Å². The topological polar surface area (TPSA) is 135 Å². The molecule has 0 saturated carbocycles. The van der Waals surface area contributed by atoms with Gasteiger partial charge in [-0.3, -0.25) is 22.9 Å². The quantitative estimate of drug-likeness (QED) is 0.199. The summed E-state index contributed by atoms with van der Waals surface area (Å²) in [5.74, 6) is -0.0195. The Balaban J connectivity index is 1.53. The number of benzene rings is 2. The Morgan fingerprint density at radius 1 is 1.13 bits per heavy atom. The number of nitrogens with zero attached hydrogens (tertiary/aromatic N) is 3. The summed E-state index contributed by atoms with van der Waals surface area (Å²) in [6.07, 6.45) is 4.89. The summed E-state index contributed by atoms with van der Waals surface area (Å²) >= 11 is 0. The lowest BCUT2D eigenvalue weighted by atomic mass is 10.00. The molecule has 2 aromatic carbocycles. The first-order valence-electron chi connectivity index (χ1n) is 13.4. The molecule has 1 fully saturated rings.